The van der Waals surface area contributed by atoms with Gasteiger partial charge in [-0.15, -0.1) is 0 Å². The Kier molecular flexibility index (Phi) is 4.33. The summed E-state index contributed by atoms with van der Waals surface area (Å²) in [6.07, 6.45) is -0.0791. The summed E-state index contributed by atoms with van der Waals surface area (Å²) in [6.45, 7) is 3.70. The standard InChI is InChI=1S/C12H13BrFN5O/c1-6(2)20-12-18-10(15)17-11(19-12)16-7-3-4-9(14)8(13)5-7/h3-6H,1-2H3,(H3,15,16,17,18,19). The molecule has 1 aromatic heterocycles. The van der Waals surface area contributed by atoms with Crippen molar-refractivity contribution < 1.29 is 9.13 Å². The molecule has 0 saturated heterocycles. The first-order valence-corrected chi connectivity index (χ1v) is 6.63. The summed E-state index contributed by atoms with van der Waals surface area (Å²) in [7, 11) is 0. The van der Waals surface area contributed by atoms with E-state index in [0.29, 0.717) is 10.2 Å². The van der Waals surface area contributed by atoms with Gasteiger partial charge in [0.15, 0.2) is 0 Å². The summed E-state index contributed by atoms with van der Waals surface area (Å²) in [5.41, 5.74) is 6.20. The highest BCUT2D eigenvalue weighted by Gasteiger charge is 2.08. The summed E-state index contributed by atoms with van der Waals surface area (Å²) in [5.74, 6) is -0.0828. The monoisotopic (exact) mass is 341 g/mol. The van der Waals surface area contributed by atoms with E-state index in [9.17, 15) is 4.39 Å². The second kappa shape index (κ2) is 6.00. The van der Waals surface area contributed by atoms with Crippen LogP contribution >= 0.6 is 15.9 Å². The maximum absolute atomic E-state index is 13.2. The number of halogens is 2. The average Bonchev–Trinajstić information content (AvgIpc) is 2.32. The third kappa shape index (κ3) is 3.77. The molecule has 0 atom stereocenters. The van der Waals surface area contributed by atoms with Crippen molar-refractivity contribution in [3.05, 3.63) is 28.5 Å². The van der Waals surface area contributed by atoms with E-state index in [4.69, 9.17) is 10.5 Å². The first kappa shape index (κ1) is 14.4. The summed E-state index contributed by atoms with van der Waals surface area (Å²) < 4.78 is 18.9. The number of hydrogen-bond donors (Lipinski definition) is 2. The fraction of sp³-hybridized carbons (Fsp3) is 0.250. The van der Waals surface area contributed by atoms with Crippen LogP contribution in [0.2, 0.25) is 0 Å². The topological polar surface area (TPSA) is 86.0 Å². The fourth-order valence-corrected chi connectivity index (χ4v) is 1.77. The number of nitrogens with two attached hydrogens (primary N) is 1. The first-order valence-electron chi connectivity index (χ1n) is 5.84. The Morgan fingerprint density at radius 2 is 2.05 bits per heavy atom. The van der Waals surface area contributed by atoms with E-state index >= 15 is 0 Å². The van der Waals surface area contributed by atoms with Crippen LogP contribution in [0.25, 0.3) is 0 Å². The normalized spacial score (nSPS) is 10.7. The van der Waals surface area contributed by atoms with Crippen molar-refractivity contribution in [1.82, 2.24) is 15.0 Å². The fourth-order valence-electron chi connectivity index (χ4n) is 1.39. The smallest absolute Gasteiger partial charge is 0.323 e. The highest BCUT2D eigenvalue weighted by Crippen LogP contribution is 2.22. The van der Waals surface area contributed by atoms with Gasteiger partial charge in [0.05, 0.1) is 10.6 Å². The van der Waals surface area contributed by atoms with Crippen LogP contribution in [-0.4, -0.2) is 21.1 Å². The number of ether oxygens (including phenoxy) is 1. The van der Waals surface area contributed by atoms with Gasteiger partial charge in [0.2, 0.25) is 11.9 Å². The van der Waals surface area contributed by atoms with E-state index in [1.165, 1.54) is 6.07 Å². The van der Waals surface area contributed by atoms with E-state index in [1.807, 2.05) is 13.8 Å². The number of aromatic nitrogens is 3. The van der Waals surface area contributed by atoms with Crippen molar-refractivity contribution in [2.45, 2.75) is 20.0 Å². The Morgan fingerprint density at radius 1 is 1.30 bits per heavy atom. The number of anilines is 3. The van der Waals surface area contributed by atoms with E-state index in [2.05, 4.69) is 36.2 Å². The largest absolute Gasteiger partial charge is 0.461 e. The number of nitrogens with one attached hydrogen (secondary N) is 1. The van der Waals surface area contributed by atoms with Crippen molar-refractivity contribution in [1.29, 1.82) is 0 Å². The summed E-state index contributed by atoms with van der Waals surface area (Å²) in [5, 5.41) is 2.91. The summed E-state index contributed by atoms with van der Waals surface area (Å²) >= 11 is 3.10. The first-order chi connectivity index (χ1) is 9.44. The maximum atomic E-state index is 13.2. The molecule has 3 N–H and O–H groups in total. The second-order valence-electron chi connectivity index (χ2n) is 4.22. The average molecular weight is 342 g/mol. The second-order valence-corrected chi connectivity index (χ2v) is 5.07. The number of hydrogen-bond acceptors (Lipinski definition) is 6. The Bertz CT molecular complexity index is 623. The lowest BCUT2D eigenvalue weighted by molar-refractivity contribution is 0.222. The van der Waals surface area contributed by atoms with Crippen molar-refractivity contribution in [3.8, 4) is 6.01 Å². The molecule has 0 saturated carbocycles. The van der Waals surface area contributed by atoms with Gasteiger partial charge >= 0.3 is 6.01 Å². The molecule has 0 aliphatic carbocycles. The molecule has 1 aromatic carbocycles. The zero-order chi connectivity index (χ0) is 14.7. The molecule has 0 spiro atoms. The molecule has 2 aromatic rings. The van der Waals surface area contributed by atoms with Gasteiger partial charge in [-0.2, -0.15) is 15.0 Å². The number of benzene rings is 1. The van der Waals surface area contributed by atoms with Gasteiger partial charge in [0.25, 0.3) is 0 Å². The van der Waals surface area contributed by atoms with Crippen LogP contribution in [-0.2, 0) is 0 Å². The molecule has 0 fully saturated rings. The number of nitrogens with zero attached hydrogens (tertiary/aromatic N) is 3. The SMILES string of the molecule is CC(C)Oc1nc(N)nc(Nc2ccc(F)c(Br)c2)n1. The van der Waals surface area contributed by atoms with Gasteiger partial charge in [-0.3, -0.25) is 0 Å². The molecule has 8 heteroatoms. The molecule has 0 unspecified atom stereocenters. The predicted octanol–water partition coefficient (Wildman–Crippen LogP) is 2.89. The summed E-state index contributed by atoms with van der Waals surface area (Å²) in [6, 6.07) is 4.58. The minimum atomic E-state index is -0.352. The molecule has 0 radical (unpaired) electrons. The van der Waals surface area contributed by atoms with Crippen LogP contribution in [0.5, 0.6) is 6.01 Å². The molecule has 0 aliphatic rings. The third-order valence-electron chi connectivity index (χ3n) is 2.15. The molecule has 0 amide bonds. The van der Waals surface area contributed by atoms with Crippen molar-refractivity contribution >= 4 is 33.5 Å². The predicted molar refractivity (Wildman–Crippen MR) is 77.4 cm³/mol. The van der Waals surface area contributed by atoms with E-state index in [1.54, 1.807) is 12.1 Å². The number of rotatable bonds is 4. The van der Waals surface area contributed by atoms with Gasteiger partial charge in [-0.25, -0.2) is 4.39 Å². The van der Waals surface area contributed by atoms with Crippen molar-refractivity contribution in [2.24, 2.45) is 0 Å². The minimum Gasteiger partial charge on any atom is -0.461 e. The maximum Gasteiger partial charge on any atom is 0.323 e. The van der Waals surface area contributed by atoms with Gasteiger partial charge in [-0.05, 0) is 48.0 Å². The Morgan fingerprint density at radius 3 is 2.70 bits per heavy atom. The molecule has 2 rings (SSSR count). The highest BCUT2D eigenvalue weighted by molar-refractivity contribution is 9.10. The lowest BCUT2D eigenvalue weighted by Crippen LogP contribution is -2.11. The molecule has 0 aliphatic heterocycles. The van der Waals surface area contributed by atoms with E-state index < -0.39 is 0 Å². The Balaban J connectivity index is 2.24. The molecular weight excluding hydrogens is 329 g/mol. The minimum absolute atomic E-state index is 0.0410. The number of nitrogen functional groups attached to an aromatic ring is 1. The van der Waals surface area contributed by atoms with Gasteiger partial charge in [0.1, 0.15) is 5.82 Å². The van der Waals surface area contributed by atoms with E-state index in [-0.39, 0.29) is 29.8 Å². The van der Waals surface area contributed by atoms with Gasteiger partial charge < -0.3 is 15.8 Å². The zero-order valence-electron chi connectivity index (χ0n) is 10.9. The lowest BCUT2D eigenvalue weighted by atomic mass is 10.3. The Hall–Kier alpha value is -1.96. The zero-order valence-corrected chi connectivity index (χ0v) is 12.5. The van der Waals surface area contributed by atoms with Crippen LogP contribution in [0, 0.1) is 5.82 Å². The highest BCUT2D eigenvalue weighted by atomic mass is 79.9. The summed E-state index contributed by atoms with van der Waals surface area (Å²) in [4.78, 5) is 11.9. The van der Waals surface area contributed by atoms with Crippen LogP contribution in [0.1, 0.15) is 13.8 Å². The Labute approximate surface area is 123 Å². The third-order valence-corrected chi connectivity index (χ3v) is 2.76. The molecule has 1 heterocycles. The lowest BCUT2D eigenvalue weighted by Gasteiger charge is -2.10. The molecule has 0 bridgehead atoms. The molecular formula is C12H13BrFN5O. The van der Waals surface area contributed by atoms with Crippen LogP contribution in [0.4, 0.5) is 22.0 Å². The van der Waals surface area contributed by atoms with E-state index in [0.717, 1.165) is 0 Å². The quantitative estimate of drug-likeness (QED) is 0.889. The van der Waals surface area contributed by atoms with Crippen LogP contribution in [0.15, 0.2) is 22.7 Å². The molecule has 6 nitrogen and oxygen atoms in total. The van der Waals surface area contributed by atoms with Crippen molar-refractivity contribution in [2.75, 3.05) is 11.1 Å². The van der Waals surface area contributed by atoms with Crippen LogP contribution in [0.3, 0.4) is 0 Å². The van der Waals surface area contributed by atoms with Gasteiger partial charge in [-0.1, -0.05) is 0 Å². The van der Waals surface area contributed by atoms with Crippen molar-refractivity contribution in [3.63, 3.8) is 0 Å². The van der Waals surface area contributed by atoms with Gasteiger partial charge in [0, 0.05) is 5.69 Å². The molecule has 20 heavy (non-hydrogen) atoms. The van der Waals surface area contributed by atoms with Crippen LogP contribution < -0.4 is 15.8 Å². The molecule has 106 valence electrons.